The second-order valence-corrected chi connectivity index (χ2v) is 27.1. The van der Waals surface area contributed by atoms with Gasteiger partial charge in [-0.25, -0.2) is 28.3 Å². The van der Waals surface area contributed by atoms with E-state index in [1.807, 2.05) is 75.2 Å². The number of aromatic nitrogens is 4. The number of benzene rings is 3. The monoisotopic (exact) mass is 948 g/mol. The molecule has 2 aromatic heterocycles. The van der Waals surface area contributed by atoms with E-state index in [1.165, 1.54) is 4.90 Å². The summed E-state index contributed by atoms with van der Waals surface area (Å²) in [5.74, 6) is -0.767. The van der Waals surface area contributed by atoms with Crippen molar-refractivity contribution >= 4 is 53.9 Å². The Morgan fingerprint density at radius 2 is 1.38 bits per heavy atom. The molecule has 2 bridgehead atoms. The summed E-state index contributed by atoms with van der Waals surface area (Å²) >= 11 is 0. The van der Waals surface area contributed by atoms with E-state index in [0.717, 1.165) is 70.7 Å². The Labute approximate surface area is 395 Å². The van der Waals surface area contributed by atoms with Gasteiger partial charge in [0.05, 0.1) is 49.1 Å². The van der Waals surface area contributed by atoms with Gasteiger partial charge in [0.15, 0.2) is 6.17 Å². The Bertz CT molecular complexity index is 2800. The molecule has 14 nitrogen and oxygen atoms in total. The van der Waals surface area contributed by atoms with Crippen molar-refractivity contribution in [2.24, 2.45) is 17.8 Å². The third kappa shape index (κ3) is 8.52. The van der Waals surface area contributed by atoms with Crippen LogP contribution >= 0.6 is 0 Å². The van der Waals surface area contributed by atoms with Crippen LogP contribution < -0.4 is 10.6 Å². The van der Waals surface area contributed by atoms with Gasteiger partial charge in [0.25, 0.3) is 0 Å². The number of halogens is 2. The average Bonchev–Trinajstić information content (AvgIpc) is 3.76. The lowest BCUT2D eigenvalue weighted by Gasteiger charge is -2.40. The maximum Gasteiger partial charge on any atom is 0.408 e. The number of ether oxygens (including phenoxy) is 2. The van der Waals surface area contributed by atoms with Crippen molar-refractivity contribution in [1.82, 2.24) is 40.4 Å². The number of fused-ring (bicyclic) bond motifs is 5. The van der Waals surface area contributed by atoms with Crippen LogP contribution in [-0.4, -0.2) is 110 Å². The molecule has 3 aliphatic carbocycles. The van der Waals surface area contributed by atoms with E-state index in [9.17, 15) is 19.2 Å². The molecule has 0 spiro atoms. The van der Waals surface area contributed by atoms with Gasteiger partial charge in [0.1, 0.15) is 41.1 Å². The van der Waals surface area contributed by atoms with Gasteiger partial charge in [0.2, 0.25) is 11.8 Å². The van der Waals surface area contributed by atoms with Crippen molar-refractivity contribution in [3.05, 3.63) is 72.4 Å². The van der Waals surface area contributed by atoms with E-state index >= 15 is 8.78 Å². The minimum Gasteiger partial charge on any atom is -0.443 e. The lowest BCUT2D eigenvalue weighted by atomic mass is 9.93. The molecule has 5 aliphatic rings. The molecule has 4 heterocycles. The number of alkyl halides is 2. The highest BCUT2D eigenvalue weighted by atomic mass is 28.3. The molecule has 5 aromatic rings. The number of aromatic amines is 2. The number of hydrogen-bond donors (Lipinski definition) is 4. The zero-order valence-corrected chi connectivity index (χ0v) is 41.0. The van der Waals surface area contributed by atoms with Crippen LogP contribution in [0, 0.1) is 17.8 Å². The number of H-pyrrole nitrogens is 2. The maximum absolute atomic E-state index is 15.6. The van der Waals surface area contributed by atoms with Crippen LogP contribution in [0.3, 0.4) is 0 Å². The highest BCUT2D eigenvalue weighted by Crippen LogP contribution is 2.53. The second-order valence-electron chi connectivity index (χ2n) is 22.1. The largest absolute Gasteiger partial charge is 0.443 e. The molecule has 360 valence electrons. The Morgan fingerprint density at radius 3 is 2.00 bits per heavy atom. The molecule has 2 aliphatic heterocycles. The van der Waals surface area contributed by atoms with Gasteiger partial charge >= 0.3 is 12.2 Å². The highest BCUT2D eigenvalue weighted by Gasteiger charge is 2.62. The number of likely N-dealkylation sites (tertiary alicyclic amines) is 1. The van der Waals surface area contributed by atoms with Crippen LogP contribution in [-0.2, 0) is 19.1 Å². The normalized spacial score (nSPS) is 26.1. The lowest BCUT2D eigenvalue weighted by Crippen LogP contribution is -2.57. The van der Waals surface area contributed by atoms with Gasteiger partial charge in [-0.1, -0.05) is 83.3 Å². The quantitative estimate of drug-likeness (QED) is 0.0895. The van der Waals surface area contributed by atoms with Crippen molar-refractivity contribution in [2.45, 2.75) is 147 Å². The molecule has 10 rings (SSSR count). The minimum absolute atomic E-state index is 0.120. The van der Waals surface area contributed by atoms with E-state index in [4.69, 9.17) is 19.4 Å². The summed E-state index contributed by atoms with van der Waals surface area (Å²) < 4.78 is 42.2. The fourth-order valence-corrected chi connectivity index (χ4v) is 13.6. The summed E-state index contributed by atoms with van der Waals surface area (Å²) in [6.45, 7) is 15.8. The first-order chi connectivity index (χ1) is 32.2. The summed E-state index contributed by atoms with van der Waals surface area (Å²) in [5, 5.41) is 7.41. The minimum atomic E-state index is -1.84. The number of amides is 4. The molecule has 0 unspecified atom stereocenters. The lowest BCUT2D eigenvalue weighted by molar-refractivity contribution is -0.143. The first-order valence-corrected chi connectivity index (χ1v) is 27.6. The van der Waals surface area contributed by atoms with Crippen molar-refractivity contribution in [2.75, 3.05) is 6.17 Å². The number of hydrogen-bond acceptors (Lipinski definition) is 8. The molecule has 5 fully saturated rings. The number of imidazole rings is 2. The van der Waals surface area contributed by atoms with E-state index in [-0.39, 0.29) is 30.2 Å². The van der Waals surface area contributed by atoms with Crippen molar-refractivity contribution in [1.29, 1.82) is 0 Å². The zero-order chi connectivity index (χ0) is 48.2. The van der Waals surface area contributed by atoms with E-state index in [2.05, 4.69) is 51.9 Å². The third-order valence-electron chi connectivity index (χ3n) is 15.1. The van der Waals surface area contributed by atoms with Crippen LogP contribution in [0.25, 0.3) is 44.2 Å². The first-order valence-electron chi connectivity index (χ1n) is 24.2. The molecule has 2 saturated heterocycles. The fourth-order valence-electron chi connectivity index (χ4n) is 10.7. The number of piperidine rings is 1. The predicted molar refractivity (Wildman–Crippen MR) is 256 cm³/mol. The molecule has 3 saturated carbocycles. The summed E-state index contributed by atoms with van der Waals surface area (Å²) in [4.78, 5) is 74.2. The molecule has 4 N–H and O–H groups in total. The molecule has 3 aromatic carbocycles. The first kappa shape index (κ1) is 45.9. The molecule has 8 atom stereocenters. The Balaban J connectivity index is 0.863. The standard InChI is InChI=1S/C51H62F2N8O6Si/c1-26(2)40(58-48(64)66-50(5)17-18-50)46(62)60-25-68(7,8)24-37(60)44-54-23-35(56-44)29-11-9-28(10-12-29)30-13-15-32-31(21-30)14-16-34-42(32)57-45(55-34)43-33-22-36(39(53)38(33)52)61(43)47(63)41(27(3)4)59-49(65)67-51(6)19-20-51/h9-16,21,23,26-27,33,36-41,43H,17-20,22,24-25H2,1-8H3,(H,54,56)(H,55,57)(H,58,64)(H,59,65)/t33-,36-,37+,38+,39-,40+,41+,43-/m1/s1. The average molecular weight is 949 g/mol. The molecular formula is C51H62F2N8O6Si. The smallest absolute Gasteiger partial charge is 0.408 e. The van der Waals surface area contributed by atoms with Gasteiger partial charge in [-0.3, -0.25) is 9.59 Å². The highest BCUT2D eigenvalue weighted by molar-refractivity contribution is 6.78. The van der Waals surface area contributed by atoms with E-state index < -0.39 is 79.8 Å². The number of nitrogens with one attached hydrogen (secondary N) is 4. The molecule has 17 heteroatoms. The van der Waals surface area contributed by atoms with Crippen molar-refractivity contribution < 1.29 is 37.4 Å². The summed E-state index contributed by atoms with van der Waals surface area (Å²) in [6.07, 6.45) is 0.931. The van der Waals surface area contributed by atoms with Crippen molar-refractivity contribution in [3.63, 3.8) is 0 Å². The Hall–Kier alpha value is -5.84. The van der Waals surface area contributed by atoms with Gasteiger partial charge < -0.3 is 39.9 Å². The van der Waals surface area contributed by atoms with Gasteiger partial charge in [-0.05, 0) is 98.0 Å². The summed E-state index contributed by atoms with van der Waals surface area (Å²) in [5.41, 5.74) is 4.14. The van der Waals surface area contributed by atoms with Crippen LogP contribution in [0.15, 0.2) is 60.8 Å². The summed E-state index contributed by atoms with van der Waals surface area (Å²) in [7, 11) is -1.81. The number of nitrogens with zero attached hydrogens (tertiary/aromatic N) is 4. The fraction of sp³-hybridized carbons (Fsp3) is 0.529. The molecule has 0 radical (unpaired) electrons. The maximum atomic E-state index is 15.6. The summed E-state index contributed by atoms with van der Waals surface area (Å²) in [6, 6.07) is 15.3. The van der Waals surface area contributed by atoms with E-state index in [1.54, 1.807) is 13.8 Å². The molecule has 68 heavy (non-hydrogen) atoms. The Kier molecular flexibility index (Phi) is 11.3. The van der Waals surface area contributed by atoms with Gasteiger partial charge in [0, 0.05) is 17.5 Å². The van der Waals surface area contributed by atoms with Crippen LogP contribution in [0.4, 0.5) is 18.4 Å². The van der Waals surface area contributed by atoms with Crippen LogP contribution in [0.1, 0.15) is 97.4 Å². The van der Waals surface area contributed by atoms with Gasteiger partial charge in [-0.15, -0.1) is 0 Å². The second kappa shape index (κ2) is 16.7. The SMILES string of the molecule is CC(C)[C@H](NC(=O)OC1(C)CC1)C(=O)N1C[Si](C)(C)C[C@H]1c1ncc(-c2ccc(-c3ccc4c(ccc5[nH]c([C@H]6[C@@H]7C[C@H]([C@@H](F)[C@H]7F)N6C(=O)[C@@H](NC(=O)OC6(C)CC6)C(C)C)nc54)c3)cc2)[nH]1. The topological polar surface area (TPSA) is 175 Å². The van der Waals surface area contributed by atoms with Crippen molar-refractivity contribution in [3.8, 4) is 22.4 Å². The molecule has 4 amide bonds. The zero-order valence-electron chi connectivity index (χ0n) is 40.0. The third-order valence-corrected chi connectivity index (χ3v) is 17.8. The van der Waals surface area contributed by atoms with E-state index in [0.29, 0.717) is 23.0 Å². The Morgan fingerprint density at radius 1 is 0.779 bits per heavy atom. The number of rotatable bonds is 12. The van der Waals surface area contributed by atoms with Gasteiger partial charge in [-0.2, -0.15) is 0 Å². The van der Waals surface area contributed by atoms with Crippen LogP contribution in [0.5, 0.6) is 0 Å². The van der Waals surface area contributed by atoms with Crippen LogP contribution in [0.2, 0.25) is 19.1 Å². The molecular weight excluding hydrogens is 887 g/mol. The number of carbonyl (C=O) groups is 4. The number of alkyl carbamates (subject to hydrolysis) is 2. The number of carbonyl (C=O) groups excluding carboxylic acids is 4. The predicted octanol–water partition coefficient (Wildman–Crippen LogP) is 9.46.